The van der Waals surface area contributed by atoms with Crippen LogP contribution in [0.1, 0.15) is 36.2 Å². The topological polar surface area (TPSA) is 28.7 Å². The van der Waals surface area contributed by atoms with Crippen LogP contribution in [-0.2, 0) is 10.0 Å². The number of nitrogens with zero attached hydrogens (tertiary/aromatic N) is 1. The average Bonchev–Trinajstić information content (AvgIpc) is 2.93. The molecular weight excluding hydrogens is 288 g/mol. The van der Waals surface area contributed by atoms with Crippen molar-refractivity contribution >= 4 is 23.5 Å². The van der Waals surface area contributed by atoms with Crippen LogP contribution < -0.4 is 0 Å². The summed E-state index contributed by atoms with van der Waals surface area (Å²) in [6.45, 7) is 0. The summed E-state index contributed by atoms with van der Waals surface area (Å²) in [4.78, 5) is 0. The maximum absolute atomic E-state index is 13.8. The van der Waals surface area contributed by atoms with E-state index in [9.17, 15) is 17.6 Å². The van der Waals surface area contributed by atoms with Crippen molar-refractivity contribution in [3.8, 4) is 0 Å². The SMILES string of the molecule is FC(F)c1[nH]nc2c1C1(CCC2(F)F)SCCS1. The first-order valence-corrected chi connectivity index (χ1v) is 7.46. The molecule has 8 heteroatoms. The Morgan fingerprint density at radius 1 is 1.17 bits per heavy atom. The smallest absolute Gasteiger partial charge is 0.276 e. The molecule has 1 saturated heterocycles. The predicted molar refractivity (Wildman–Crippen MR) is 63.3 cm³/mol. The summed E-state index contributed by atoms with van der Waals surface area (Å²) in [7, 11) is 0. The Kier molecular flexibility index (Phi) is 2.85. The van der Waals surface area contributed by atoms with E-state index in [0.29, 0.717) is 0 Å². The van der Waals surface area contributed by atoms with Crippen LogP contribution in [0, 0.1) is 0 Å². The quantitative estimate of drug-likeness (QED) is 0.798. The highest BCUT2D eigenvalue weighted by Gasteiger charge is 2.54. The summed E-state index contributed by atoms with van der Waals surface area (Å²) >= 11 is 2.96. The molecule has 0 unspecified atom stereocenters. The minimum Gasteiger partial charge on any atom is -0.276 e. The second-order valence-electron chi connectivity index (χ2n) is 4.32. The Balaban J connectivity index is 2.18. The number of rotatable bonds is 1. The molecule has 1 aliphatic carbocycles. The third-order valence-electron chi connectivity index (χ3n) is 3.26. The van der Waals surface area contributed by atoms with Gasteiger partial charge in [-0.05, 0) is 6.42 Å². The molecule has 2 nitrogen and oxygen atoms in total. The van der Waals surface area contributed by atoms with E-state index in [4.69, 9.17) is 0 Å². The lowest BCUT2D eigenvalue weighted by Gasteiger charge is -2.35. The van der Waals surface area contributed by atoms with Crippen LogP contribution in [0.15, 0.2) is 0 Å². The van der Waals surface area contributed by atoms with Crippen LogP contribution in [0.4, 0.5) is 17.6 Å². The molecule has 0 atom stereocenters. The van der Waals surface area contributed by atoms with Crippen LogP contribution in [0.3, 0.4) is 0 Å². The molecule has 2 heterocycles. The Morgan fingerprint density at radius 2 is 1.83 bits per heavy atom. The van der Waals surface area contributed by atoms with E-state index in [1.54, 1.807) is 0 Å². The molecule has 18 heavy (non-hydrogen) atoms. The number of nitrogens with one attached hydrogen (secondary N) is 1. The summed E-state index contributed by atoms with van der Waals surface area (Å²) in [6.07, 6.45) is -2.91. The molecule has 0 radical (unpaired) electrons. The number of H-pyrrole nitrogens is 1. The van der Waals surface area contributed by atoms with E-state index in [1.165, 1.54) is 23.5 Å². The van der Waals surface area contributed by atoms with E-state index < -0.39 is 27.8 Å². The molecule has 0 aromatic carbocycles. The molecule has 1 N–H and O–H groups in total. The first-order valence-electron chi connectivity index (χ1n) is 5.49. The van der Waals surface area contributed by atoms with Crippen molar-refractivity contribution in [3.63, 3.8) is 0 Å². The van der Waals surface area contributed by atoms with Gasteiger partial charge in [0.05, 0.1) is 4.08 Å². The van der Waals surface area contributed by atoms with Crippen LogP contribution in [0.25, 0.3) is 0 Å². The van der Waals surface area contributed by atoms with Gasteiger partial charge >= 0.3 is 0 Å². The van der Waals surface area contributed by atoms with Gasteiger partial charge in [0.2, 0.25) is 0 Å². The van der Waals surface area contributed by atoms with Crippen molar-refractivity contribution in [1.82, 2.24) is 10.2 Å². The number of fused-ring (bicyclic) bond motifs is 2. The lowest BCUT2D eigenvalue weighted by molar-refractivity contribution is -0.0277. The molecule has 2 aliphatic rings. The summed E-state index contributed by atoms with van der Waals surface area (Å²) in [6, 6.07) is 0. The highest BCUT2D eigenvalue weighted by Crippen LogP contribution is 2.62. The third kappa shape index (κ3) is 1.68. The Labute approximate surface area is 109 Å². The highest BCUT2D eigenvalue weighted by molar-refractivity contribution is 8.20. The van der Waals surface area contributed by atoms with Gasteiger partial charge in [-0.25, -0.2) is 8.78 Å². The molecule has 1 fully saturated rings. The van der Waals surface area contributed by atoms with Gasteiger partial charge in [-0.3, -0.25) is 5.10 Å². The largest absolute Gasteiger partial charge is 0.291 e. The molecule has 0 bridgehead atoms. The molecule has 1 spiro atoms. The first-order chi connectivity index (χ1) is 8.46. The monoisotopic (exact) mass is 298 g/mol. The van der Waals surface area contributed by atoms with Crippen molar-refractivity contribution < 1.29 is 17.6 Å². The van der Waals surface area contributed by atoms with Gasteiger partial charge in [0.15, 0.2) is 0 Å². The second kappa shape index (κ2) is 4.06. The van der Waals surface area contributed by atoms with Crippen LogP contribution in [-0.4, -0.2) is 21.7 Å². The fourth-order valence-corrected chi connectivity index (χ4v) is 5.83. The minimum atomic E-state index is -3.10. The van der Waals surface area contributed by atoms with E-state index in [0.717, 1.165) is 11.5 Å². The average molecular weight is 298 g/mol. The number of hydrogen-bond donors (Lipinski definition) is 1. The van der Waals surface area contributed by atoms with Crippen LogP contribution >= 0.6 is 23.5 Å². The number of thioether (sulfide) groups is 2. The Bertz CT molecular complexity index is 468. The minimum absolute atomic E-state index is 0.0428. The summed E-state index contributed by atoms with van der Waals surface area (Å²) in [5, 5.41) is 5.58. The summed E-state index contributed by atoms with van der Waals surface area (Å²) in [5.74, 6) is -1.51. The van der Waals surface area contributed by atoms with E-state index in [2.05, 4.69) is 10.2 Å². The molecule has 1 aromatic rings. The lowest BCUT2D eigenvalue weighted by atomic mass is 9.91. The fourth-order valence-electron chi connectivity index (χ4n) is 2.47. The van der Waals surface area contributed by atoms with E-state index in [1.807, 2.05) is 0 Å². The van der Waals surface area contributed by atoms with Crippen LogP contribution in [0.5, 0.6) is 0 Å². The zero-order valence-corrected chi connectivity index (χ0v) is 10.8. The summed E-state index contributed by atoms with van der Waals surface area (Å²) < 4.78 is 52.8. The van der Waals surface area contributed by atoms with Gasteiger partial charge in [0.1, 0.15) is 11.4 Å². The molecule has 3 rings (SSSR count). The van der Waals surface area contributed by atoms with E-state index >= 15 is 0 Å². The molecule has 0 saturated carbocycles. The molecule has 0 amide bonds. The van der Waals surface area contributed by atoms with Crippen molar-refractivity contribution in [2.24, 2.45) is 0 Å². The lowest BCUT2D eigenvalue weighted by Crippen LogP contribution is -2.31. The van der Waals surface area contributed by atoms with Crippen LogP contribution in [0.2, 0.25) is 0 Å². The van der Waals surface area contributed by atoms with Crippen molar-refractivity contribution in [2.75, 3.05) is 11.5 Å². The van der Waals surface area contributed by atoms with Crippen molar-refractivity contribution in [3.05, 3.63) is 17.0 Å². The van der Waals surface area contributed by atoms with Gasteiger partial charge in [0.25, 0.3) is 12.3 Å². The zero-order valence-electron chi connectivity index (χ0n) is 9.18. The van der Waals surface area contributed by atoms with Gasteiger partial charge < -0.3 is 0 Å². The highest BCUT2D eigenvalue weighted by atomic mass is 32.2. The molecule has 1 aliphatic heterocycles. The number of aromatic nitrogens is 2. The first kappa shape index (κ1) is 12.7. The Morgan fingerprint density at radius 3 is 2.44 bits per heavy atom. The van der Waals surface area contributed by atoms with Gasteiger partial charge in [-0.15, -0.1) is 23.5 Å². The van der Waals surface area contributed by atoms with Crippen molar-refractivity contribution in [2.45, 2.75) is 29.3 Å². The standard InChI is InChI=1S/C10H10F4N2S2/c11-8(12)6-5-7(16-15-6)9(13,14)1-2-10(5)17-3-4-18-10/h8H,1-4H2,(H,15,16). The summed E-state index contributed by atoms with van der Waals surface area (Å²) in [5.41, 5.74) is -0.876. The van der Waals surface area contributed by atoms with Gasteiger partial charge in [-0.1, -0.05) is 0 Å². The molecular formula is C10H10F4N2S2. The maximum Gasteiger partial charge on any atom is 0.291 e. The van der Waals surface area contributed by atoms with E-state index in [-0.39, 0.29) is 18.4 Å². The third-order valence-corrected chi connectivity index (χ3v) is 6.79. The molecule has 1 aromatic heterocycles. The maximum atomic E-state index is 13.8. The van der Waals surface area contributed by atoms with Gasteiger partial charge in [-0.2, -0.15) is 13.9 Å². The second-order valence-corrected chi connectivity index (χ2v) is 7.36. The Hall–Kier alpha value is -0.370. The number of halogens is 4. The van der Waals surface area contributed by atoms with Gasteiger partial charge in [0, 0.05) is 23.5 Å². The zero-order chi connectivity index (χ0) is 13.0. The number of aromatic amines is 1. The number of hydrogen-bond acceptors (Lipinski definition) is 3. The van der Waals surface area contributed by atoms with Crippen molar-refractivity contribution in [1.29, 1.82) is 0 Å². The fraction of sp³-hybridized carbons (Fsp3) is 0.700. The normalized spacial score (nSPS) is 24.7. The number of alkyl halides is 4. The predicted octanol–water partition coefficient (Wildman–Crippen LogP) is 3.87. The molecule has 100 valence electrons.